The number of rotatable bonds is 2. The molecule has 0 N–H and O–H groups in total. The van der Waals surface area contributed by atoms with E-state index >= 15 is 0 Å². The van der Waals surface area contributed by atoms with Gasteiger partial charge in [-0.15, -0.1) is 0 Å². The minimum Gasteiger partial charge on any atom is -0.487 e. The SMILES string of the molecule is CC1(C)Cc2cc(C(Br)c3ccc(Cl)c(Br)c3)ccc2O1. The Morgan fingerprint density at radius 3 is 2.52 bits per heavy atom. The molecule has 0 bridgehead atoms. The summed E-state index contributed by atoms with van der Waals surface area (Å²) in [5, 5.41) is 0.725. The molecule has 0 radical (unpaired) electrons. The molecule has 0 saturated heterocycles. The molecule has 2 aromatic rings. The Balaban J connectivity index is 1.93. The first kappa shape index (κ1) is 15.4. The highest BCUT2D eigenvalue weighted by Gasteiger charge is 2.30. The summed E-state index contributed by atoms with van der Waals surface area (Å²) in [6.07, 6.45) is 0.945. The van der Waals surface area contributed by atoms with Gasteiger partial charge in [-0.3, -0.25) is 0 Å². The van der Waals surface area contributed by atoms with E-state index in [4.69, 9.17) is 16.3 Å². The lowest BCUT2D eigenvalue weighted by atomic mass is 9.98. The van der Waals surface area contributed by atoms with Crippen molar-refractivity contribution in [2.45, 2.75) is 30.7 Å². The van der Waals surface area contributed by atoms with Gasteiger partial charge in [0.05, 0.1) is 9.85 Å². The maximum atomic E-state index is 6.06. The maximum Gasteiger partial charge on any atom is 0.123 e. The lowest BCUT2D eigenvalue weighted by Gasteiger charge is -2.16. The molecule has 1 heterocycles. The van der Waals surface area contributed by atoms with Crippen LogP contribution in [0.1, 0.15) is 35.4 Å². The fourth-order valence-electron chi connectivity index (χ4n) is 2.65. The summed E-state index contributed by atoms with van der Waals surface area (Å²) in [5.41, 5.74) is 3.56. The molecule has 4 heteroatoms. The lowest BCUT2D eigenvalue weighted by molar-refractivity contribution is 0.138. The molecule has 1 atom stereocenters. The van der Waals surface area contributed by atoms with Crippen molar-refractivity contribution in [3.63, 3.8) is 0 Å². The van der Waals surface area contributed by atoms with Gasteiger partial charge < -0.3 is 4.74 Å². The first-order valence-corrected chi connectivity index (χ1v) is 8.85. The van der Waals surface area contributed by atoms with Gasteiger partial charge in [0.25, 0.3) is 0 Å². The Labute approximate surface area is 146 Å². The zero-order chi connectivity index (χ0) is 15.2. The first-order chi connectivity index (χ1) is 9.85. The Kier molecular flexibility index (Phi) is 4.10. The average molecular weight is 431 g/mol. The second-order valence-corrected chi connectivity index (χ2v) is 8.12. The predicted molar refractivity (Wildman–Crippen MR) is 94.8 cm³/mol. The van der Waals surface area contributed by atoms with Crippen LogP contribution in [-0.4, -0.2) is 5.60 Å². The van der Waals surface area contributed by atoms with Crippen LogP contribution < -0.4 is 4.74 Å². The van der Waals surface area contributed by atoms with Crippen LogP contribution in [0.5, 0.6) is 5.75 Å². The van der Waals surface area contributed by atoms with Gasteiger partial charge >= 0.3 is 0 Å². The van der Waals surface area contributed by atoms with E-state index in [0.29, 0.717) is 0 Å². The molecular formula is C17H15Br2ClO. The third-order valence-electron chi connectivity index (χ3n) is 3.62. The first-order valence-electron chi connectivity index (χ1n) is 6.76. The third kappa shape index (κ3) is 3.15. The van der Waals surface area contributed by atoms with Crippen molar-refractivity contribution < 1.29 is 4.74 Å². The molecule has 2 aromatic carbocycles. The van der Waals surface area contributed by atoms with Crippen LogP contribution in [0.2, 0.25) is 5.02 Å². The fourth-order valence-corrected chi connectivity index (χ4v) is 3.73. The molecule has 0 spiro atoms. The highest BCUT2D eigenvalue weighted by molar-refractivity contribution is 9.10. The summed E-state index contributed by atoms with van der Waals surface area (Å²) in [5.74, 6) is 1.00. The van der Waals surface area contributed by atoms with Gasteiger partial charge in [0.15, 0.2) is 0 Å². The smallest absolute Gasteiger partial charge is 0.123 e. The molecule has 110 valence electrons. The molecule has 0 fully saturated rings. The van der Waals surface area contributed by atoms with Crippen molar-refractivity contribution in [2.75, 3.05) is 0 Å². The van der Waals surface area contributed by atoms with E-state index in [1.807, 2.05) is 12.1 Å². The molecule has 0 aliphatic carbocycles. The van der Waals surface area contributed by atoms with E-state index in [1.165, 1.54) is 16.7 Å². The number of hydrogen-bond donors (Lipinski definition) is 0. The van der Waals surface area contributed by atoms with Crippen LogP contribution in [0.4, 0.5) is 0 Å². The number of benzene rings is 2. The second-order valence-electron chi connectivity index (χ2n) is 5.94. The highest BCUT2D eigenvalue weighted by Crippen LogP contribution is 2.40. The number of alkyl halides is 1. The predicted octanol–water partition coefficient (Wildman–Crippen LogP) is 6.30. The number of hydrogen-bond acceptors (Lipinski definition) is 1. The van der Waals surface area contributed by atoms with Gasteiger partial charge in [-0.1, -0.05) is 45.7 Å². The summed E-state index contributed by atoms with van der Waals surface area (Å²) >= 11 is 13.3. The molecule has 1 aliphatic heterocycles. The van der Waals surface area contributed by atoms with Crippen LogP contribution in [0.3, 0.4) is 0 Å². The molecule has 21 heavy (non-hydrogen) atoms. The number of halogens is 3. The number of ether oxygens (including phenoxy) is 1. The summed E-state index contributed by atoms with van der Waals surface area (Å²) in [4.78, 5) is 0.139. The second kappa shape index (κ2) is 5.60. The van der Waals surface area contributed by atoms with Gasteiger partial charge in [0, 0.05) is 10.9 Å². The molecule has 1 aliphatic rings. The van der Waals surface area contributed by atoms with Gasteiger partial charge in [-0.05, 0) is 64.7 Å². The van der Waals surface area contributed by atoms with Crippen LogP contribution in [0.25, 0.3) is 0 Å². The van der Waals surface area contributed by atoms with Crippen molar-refractivity contribution in [2.24, 2.45) is 0 Å². The molecule has 1 nitrogen and oxygen atoms in total. The van der Waals surface area contributed by atoms with Gasteiger partial charge in [-0.25, -0.2) is 0 Å². The quantitative estimate of drug-likeness (QED) is 0.508. The van der Waals surface area contributed by atoms with E-state index in [9.17, 15) is 0 Å². The van der Waals surface area contributed by atoms with Gasteiger partial charge in [0.1, 0.15) is 11.4 Å². The minimum atomic E-state index is -0.105. The van der Waals surface area contributed by atoms with Gasteiger partial charge in [-0.2, -0.15) is 0 Å². The van der Waals surface area contributed by atoms with E-state index in [0.717, 1.165) is 21.7 Å². The molecule has 1 unspecified atom stereocenters. The molecule has 0 saturated carbocycles. The van der Waals surface area contributed by atoms with E-state index in [2.05, 4.69) is 70.0 Å². The molecular weight excluding hydrogens is 415 g/mol. The Hall–Kier alpha value is -0.510. The van der Waals surface area contributed by atoms with Crippen molar-refractivity contribution in [1.82, 2.24) is 0 Å². The van der Waals surface area contributed by atoms with Crippen LogP contribution in [0.15, 0.2) is 40.9 Å². The Morgan fingerprint density at radius 2 is 1.81 bits per heavy atom. The van der Waals surface area contributed by atoms with Crippen molar-refractivity contribution in [3.8, 4) is 5.75 Å². The fraction of sp³-hybridized carbons (Fsp3) is 0.294. The average Bonchev–Trinajstić information content (AvgIpc) is 2.73. The third-order valence-corrected chi connectivity index (χ3v) is 5.89. The summed E-state index contributed by atoms with van der Waals surface area (Å²) in [7, 11) is 0. The monoisotopic (exact) mass is 428 g/mol. The van der Waals surface area contributed by atoms with Crippen LogP contribution in [-0.2, 0) is 6.42 Å². The zero-order valence-corrected chi connectivity index (χ0v) is 15.7. The van der Waals surface area contributed by atoms with Crippen molar-refractivity contribution in [1.29, 1.82) is 0 Å². The maximum absolute atomic E-state index is 6.06. The standard InChI is InChI=1S/C17H15Br2ClO/c1-17(2)9-12-7-10(4-6-15(12)21-17)16(19)11-3-5-14(20)13(18)8-11/h3-8,16H,9H2,1-2H3. The van der Waals surface area contributed by atoms with E-state index < -0.39 is 0 Å². The van der Waals surface area contributed by atoms with E-state index in [1.54, 1.807) is 0 Å². The van der Waals surface area contributed by atoms with Crippen LogP contribution in [0, 0.1) is 0 Å². The van der Waals surface area contributed by atoms with Crippen molar-refractivity contribution >= 4 is 43.5 Å². The van der Waals surface area contributed by atoms with Crippen molar-refractivity contribution in [3.05, 3.63) is 62.6 Å². The topological polar surface area (TPSA) is 9.23 Å². The molecule has 3 rings (SSSR count). The Bertz CT molecular complexity index is 697. The minimum absolute atomic E-state index is 0.105. The summed E-state index contributed by atoms with van der Waals surface area (Å²) < 4.78 is 6.84. The Morgan fingerprint density at radius 1 is 1.14 bits per heavy atom. The molecule has 0 amide bonds. The van der Waals surface area contributed by atoms with Crippen LogP contribution >= 0.6 is 43.5 Å². The lowest BCUT2D eigenvalue weighted by Crippen LogP contribution is -2.24. The summed E-state index contributed by atoms with van der Waals surface area (Å²) in [6.45, 7) is 4.24. The highest BCUT2D eigenvalue weighted by atomic mass is 79.9. The summed E-state index contributed by atoms with van der Waals surface area (Å²) in [6, 6.07) is 12.4. The van der Waals surface area contributed by atoms with E-state index in [-0.39, 0.29) is 10.4 Å². The zero-order valence-electron chi connectivity index (χ0n) is 11.8. The largest absolute Gasteiger partial charge is 0.487 e. The van der Waals surface area contributed by atoms with Gasteiger partial charge in [0.2, 0.25) is 0 Å². The normalized spacial score (nSPS) is 17.2. The number of fused-ring (bicyclic) bond motifs is 1. The molecule has 0 aromatic heterocycles.